The van der Waals surface area contributed by atoms with Gasteiger partial charge in [0.25, 0.3) is 11.5 Å². The highest BCUT2D eigenvalue weighted by molar-refractivity contribution is 6.40. The van der Waals surface area contributed by atoms with E-state index in [2.05, 4.69) is 4.90 Å². The van der Waals surface area contributed by atoms with Crippen molar-refractivity contribution >= 4 is 23.2 Å². The first kappa shape index (κ1) is 34.0. The summed E-state index contributed by atoms with van der Waals surface area (Å²) in [4.78, 5) is 56.5. The summed E-state index contributed by atoms with van der Waals surface area (Å²) < 4.78 is 57.2. The van der Waals surface area contributed by atoms with Crippen LogP contribution in [0.2, 0.25) is 0 Å². The minimum absolute atomic E-state index is 0.117. The number of halogens is 4. The van der Waals surface area contributed by atoms with Gasteiger partial charge in [-0.1, -0.05) is 54.6 Å². The quantitative estimate of drug-likeness (QED) is 0.0760. The molecule has 7 nitrogen and oxygen atoms in total. The van der Waals surface area contributed by atoms with Gasteiger partial charge in [0.2, 0.25) is 5.78 Å². The standard InChI is InChI=1S/C39H31F4N3O4/c40-29-10-6-25(7-11-29)23-46-24-26(18-32-34(42)20-30(41)21-35(32)43)19-33(38(46)49)36(47)22-37(48)39(50)45-16-14-44(15-17-45)31-12-8-28(9-13-31)27-4-2-1-3-5-27/h1-13,19-21,24H,14-18,22-23H2. The second-order valence-corrected chi connectivity index (χ2v) is 12.1. The Morgan fingerprint density at radius 3 is 1.92 bits per heavy atom. The molecule has 0 aliphatic carbocycles. The van der Waals surface area contributed by atoms with Crippen LogP contribution in [-0.2, 0) is 22.6 Å². The van der Waals surface area contributed by atoms with Crippen LogP contribution in [0.25, 0.3) is 11.1 Å². The number of hydrogen-bond acceptors (Lipinski definition) is 5. The Morgan fingerprint density at radius 1 is 0.660 bits per heavy atom. The molecule has 6 rings (SSSR count). The minimum atomic E-state index is -1.16. The van der Waals surface area contributed by atoms with Crippen molar-refractivity contribution in [3.63, 3.8) is 0 Å². The third-order valence-corrected chi connectivity index (χ3v) is 8.66. The zero-order valence-electron chi connectivity index (χ0n) is 26.8. The van der Waals surface area contributed by atoms with Gasteiger partial charge >= 0.3 is 0 Å². The van der Waals surface area contributed by atoms with E-state index in [-0.39, 0.29) is 25.2 Å². The van der Waals surface area contributed by atoms with E-state index in [0.29, 0.717) is 30.8 Å². The molecule has 4 aromatic carbocycles. The molecule has 1 aromatic heterocycles. The molecule has 1 fully saturated rings. The van der Waals surface area contributed by atoms with Crippen LogP contribution >= 0.6 is 0 Å². The lowest BCUT2D eigenvalue weighted by Crippen LogP contribution is -2.50. The van der Waals surface area contributed by atoms with Gasteiger partial charge in [0.1, 0.15) is 23.3 Å². The molecule has 0 spiro atoms. The van der Waals surface area contributed by atoms with E-state index in [0.717, 1.165) is 27.4 Å². The Kier molecular flexibility index (Phi) is 10.0. The van der Waals surface area contributed by atoms with Crippen LogP contribution < -0.4 is 10.5 Å². The van der Waals surface area contributed by atoms with E-state index < -0.39 is 70.3 Å². The van der Waals surface area contributed by atoms with E-state index in [1.807, 2.05) is 54.6 Å². The molecule has 11 heteroatoms. The number of ketones is 2. The topological polar surface area (TPSA) is 79.7 Å². The van der Waals surface area contributed by atoms with Gasteiger partial charge in [-0.15, -0.1) is 0 Å². The number of Topliss-reactive ketones (excluding diaryl/α,β-unsaturated/α-hetero) is 2. The van der Waals surface area contributed by atoms with Crippen LogP contribution in [0.1, 0.15) is 33.5 Å². The summed E-state index contributed by atoms with van der Waals surface area (Å²) >= 11 is 0. The number of rotatable bonds is 10. The number of carbonyl (C=O) groups is 3. The molecular formula is C39H31F4N3O4. The summed E-state index contributed by atoms with van der Waals surface area (Å²) in [6.45, 7) is 1.28. The number of amides is 1. The fraction of sp³-hybridized carbons (Fsp3) is 0.179. The maximum atomic E-state index is 14.5. The fourth-order valence-electron chi connectivity index (χ4n) is 6.00. The third kappa shape index (κ3) is 7.72. The first-order valence-corrected chi connectivity index (χ1v) is 15.9. The first-order valence-electron chi connectivity index (χ1n) is 15.9. The maximum Gasteiger partial charge on any atom is 0.290 e. The maximum absolute atomic E-state index is 14.5. The number of aromatic nitrogens is 1. The number of benzene rings is 4. The molecule has 1 aliphatic heterocycles. The lowest BCUT2D eigenvalue weighted by molar-refractivity contribution is -0.144. The second-order valence-electron chi connectivity index (χ2n) is 12.1. The van der Waals surface area contributed by atoms with Crippen molar-refractivity contribution in [2.75, 3.05) is 31.1 Å². The van der Waals surface area contributed by atoms with Gasteiger partial charge in [-0.3, -0.25) is 19.2 Å². The molecule has 2 heterocycles. The average Bonchev–Trinajstić information content (AvgIpc) is 3.12. The summed E-state index contributed by atoms with van der Waals surface area (Å²) in [5, 5.41) is 0. The van der Waals surface area contributed by atoms with Crippen molar-refractivity contribution in [2.24, 2.45) is 0 Å². The van der Waals surface area contributed by atoms with Gasteiger partial charge in [0.05, 0.1) is 18.5 Å². The number of anilines is 1. The summed E-state index contributed by atoms with van der Waals surface area (Å²) in [5.41, 5.74) is 1.97. The average molecular weight is 682 g/mol. The van der Waals surface area contributed by atoms with Crippen molar-refractivity contribution in [1.29, 1.82) is 0 Å². The van der Waals surface area contributed by atoms with Crippen LogP contribution in [0.5, 0.6) is 0 Å². The highest BCUT2D eigenvalue weighted by Crippen LogP contribution is 2.24. The Hall–Kier alpha value is -5.84. The number of pyridine rings is 1. The molecule has 0 N–H and O–H groups in total. The molecule has 1 aliphatic rings. The van der Waals surface area contributed by atoms with Crippen LogP contribution in [0.15, 0.2) is 108 Å². The van der Waals surface area contributed by atoms with Crippen LogP contribution in [-0.4, -0.2) is 53.1 Å². The smallest absolute Gasteiger partial charge is 0.290 e. The highest BCUT2D eigenvalue weighted by atomic mass is 19.1. The summed E-state index contributed by atoms with van der Waals surface area (Å²) in [7, 11) is 0. The lowest BCUT2D eigenvalue weighted by Gasteiger charge is -2.35. The third-order valence-electron chi connectivity index (χ3n) is 8.66. The SMILES string of the molecule is O=C(CC(=O)c1cc(Cc2c(F)cc(F)cc2F)cn(Cc2ccc(F)cc2)c1=O)C(=O)N1CCN(c2ccc(-c3ccccc3)cc2)CC1. The van der Waals surface area contributed by atoms with Crippen LogP contribution in [0.4, 0.5) is 23.2 Å². The number of carbonyl (C=O) groups excluding carboxylic acids is 3. The van der Waals surface area contributed by atoms with Gasteiger partial charge < -0.3 is 14.4 Å². The zero-order chi connectivity index (χ0) is 35.4. The molecule has 1 saturated heterocycles. The van der Waals surface area contributed by atoms with Gasteiger partial charge in [0.15, 0.2) is 5.78 Å². The lowest BCUT2D eigenvalue weighted by atomic mass is 10.00. The predicted molar refractivity (Wildman–Crippen MR) is 180 cm³/mol. The van der Waals surface area contributed by atoms with E-state index in [9.17, 15) is 36.7 Å². The largest absolute Gasteiger partial charge is 0.368 e. The van der Waals surface area contributed by atoms with E-state index in [1.165, 1.54) is 35.4 Å². The monoisotopic (exact) mass is 681 g/mol. The van der Waals surface area contributed by atoms with Gasteiger partial charge in [-0.2, -0.15) is 0 Å². The van der Waals surface area contributed by atoms with Crippen LogP contribution in [0, 0.1) is 23.3 Å². The second kappa shape index (κ2) is 14.7. The molecule has 1 amide bonds. The first-order chi connectivity index (χ1) is 24.0. The number of piperazine rings is 1. The van der Waals surface area contributed by atoms with Crippen molar-refractivity contribution in [3.05, 3.63) is 159 Å². The minimum Gasteiger partial charge on any atom is -0.368 e. The van der Waals surface area contributed by atoms with Gasteiger partial charge in [0, 0.05) is 62.2 Å². The normalized spacial score (nSPS) is 13.0. The Labute approximate surface area is 285 Å². The summed E-state index contributed by atoms with van der Waals surface area (Å²) in [6.07, 6.45) is -0.0606. The Morgan fingerprint density at radius 2 is 1.28 bits per heavy atom. The van der Waals surface area contributed by atoms with E-state index >= 15 is 0 Å². The van der Waals surface area contributed by atoms with E-state index in [1.54, 1.807) is 0 Å². The van der Waals surface area contributed by atoms with Crippen molar-refractivity contribution in [1.82, 2.24) is 9.47 Å². The molecule has 5 aromatic rings. The molecule has 0 unspecified atom stereocenters. The number of nitrogens with zero attached hydrogens (tertiary/aromatic N) is 3. The zero-order valence-corrected chi connectivity index (χ0v) is 26.8. The Balaban J connectivity index is 1.15. The molecule has 0 bridgehead atoms. The van der Waals surface area contributed by atoms with Crippen molar-refractivity contribution < 1.29 is 31.9 Å². The summed E-state index contributed by atoms with van der Waals surface area (Å²) in [5.74, 6) is -6.72. The van der Waals surface area contributed by atoms with Gasteiger partial charge in [-0.25, -0.2) is 17.6 Å². The van der Waals surface area contributed by atoms with Crippen molar-refractivity contribution in [2.45, 2.75) is 19.4 Å². The molecule has 254 valence electrons. The van der Waals surface area contributed by atoms with Crippen LogP contribution in [0.3, 0.4) is 0 Å². The highest BCUT2D eigenvalue weighted by Gasteiger charge is 2.29. The fourth-order valence-corrected chi connectivity index (χ4v) is 6.00. The van der Waals surface area contributed by atoms with E-state index in [4.69, 9.17) is 0 Å². The van der Waals surface area contributed by atoms with Gasteiger partial charge in [-0.05, 0) is 52.6 Å². The molecule has 0 saturated carbocycles. The Bertz CT molecular complexity index is 2090. The molecule has 50 heavy (non-hydrogen) atoms. The van der Waals surface area contributed by atoms with Crippen molar-refractivity contribution in [3.8, 4) is 11.1 Å². The predicted octanol–water partition coefficient (Wildman–Crippen LogP) is 6.20. The molecule has 0 atom stereocenters. The summed E-state index contributed by atoms with van der Waals surface area (Å²) in [6, 6.07) is 25.4. The number of hydrogen-bond donors (Lipinski definition) is 0. The molecular weight excluding hydrogens is 650 g/mol. The molecule has 0 radical (unpaired) electrons.